The van der Waals surface area contributed by atoms with Crippen LogP contribution in [0.5, 0.6) is 0 Å². The molecule has 0 fully saturated rings. The second kappa shape index (κ2) is 7.40. The minimum atomic E-state index is -0.695. The molecule has 1 aromatic carbocycles. The molecule has 5 heteroatoms. The van der Waals surface area contributed by atoms with Gasteiger partial charge in [0.15, 0.2) is 0 Å². The molecule has 1 rings (SSSR count). The number of hydrogen-bond acceptors (Lipinski definition) is 3. The Bertz CT molecular complexity index is 547. The Kier molecular flexibility index (Phi) is 6.11. The molecule has 1 unspecified atom stereocenters. The maximum atomic E-state index is 11.9. The fourth-order valence-corrected chi connectivity index (χ4v) is 1.89. The van der Waals surface area contributed by atoms with Crippen molar-refractivity contribution >= 4 is 17.5 Å². The van der Waals surface area contributed by atoms with Crippen molar-refractivity contribution in [2.75, 3.05) is 11.9 Å². The Balaban J connectivity index is 2.49. The lowest BCUT2D eigenvalue weighted by Crippen LogP contribution is -2.38. The zero-order valence-electron chi connectivity index (χ0n) is 14.0. The minimum Gasteiger partial charge on any atom is -0.393 e. The molecule has 1 atom stereocenters. The van der Waals surface area contributed by atoms with Crippen LogP contribution in [0.4, 0.5) is 5.69 Å². The van der Waals surface area contributed by atoms with Crippen molar-refractivity contribution in [3.05, 3.63) is 29.3 Å². The second-order valence-corrected chi connectivity index (χ2v) is 6.70. The zero-order valence-corrected chi connectivity index (χ0v) is 14.0. The Morgan fingerprint density at radius 2 is 1.82 bits per heavy atom. The Morgan fingerprint density at radius 3 is 2.41 bits per heavy atom. The van der Waals surface area contributed by atoms with Gasteiger partial charge in [-0.2, -0.15) is 0 Å². The molecule has 2 amide bonds. The molecule has 0 bridgehead atoms. The number of carbonyl (C=O) groups is 2. The van der Waals surface area contributed by atoms with Gasteiger partial charge in [-0.25, -0.2) is 0 Å². The lowest BCUT2D eigenvalue weighted by molar-refractivity contribution is -0.136. The number of hydrogen-bond donors (Lipinski definition) is 3. The number of nitrogens with one attached hydrogen (secondary N) is 2. The van der Waals surface area contributed by atoms with Gasteiger partial charge in [0.25, 0.3) is 0 Å². The highest BCUT2D eigenvalue weighted by Crippen LogP contribution is 2.21. The van der Waals surface area contributed by atoms with Crippen LogP contribution in [0.2, 0.25) is 0 Å². The maximum Gasteiger partial charge on any atom is 0.313 e. The maximum absolute atomic E-state index is 11.9. The van der Waals surface area contributed by atoms with Crippen LogP contribution in [0.3, 0.4) is 0 Å². The summed E-state index contributed by atoms with van der Waals surface area (Å²) in [5.41, 5.74) is 2.30. The van der Waals surface area contributed by atoms with Gasteiger partial charge in [0.05, 0.1) is 6.10 Å². The molecule has 3 N–H and O–H groups in total. The first-order valence-corrected chi connectivity index (χ1v) is 7.45. The summed E-state index contributed by atoms with van der Waals surface area (Å²) in [5, 5.41) is 15.0. The summed E-state index contributed by atoms with van der Waals surface area (Å²) in [6, 6.07) is 5.66. The lowest BCUT2D eigenvalue weighted by Gasteiger charge is -2.25. The topological polar surface area (TPSA) is 78.4 Å². The molecule has 5 nitrogen and oxygen atoms in total. The van der Waals surface area contributed by atoms with Crippen LogP contribution < -0.4 is 10.6 Å². The second-order valence-electron chi connectivity index (χ2n) is 6.70. The fourth-order valence-electron chi connectivity index (χ4n) is 1.89. The van der Waals surface area contributed by atoms with Crippen LogP contribution in [-0.2, 0) is 9.59 Å². The van der Waals surface area contributed by atoms with Gasteiger partial charge in [-0.05, 0) is 42.9 Å². The third kappa shape index (κ3) is 5.48. The number of aliphatic hydroxyl groups excluding tert-OH is 1. The summed E-state index contributed by atoms with van der Waals surface area (Å²) in [5.74, 6) is -1.39. The van der Waals surface area contributed by atoms with Gasteiger partial charge in [0.2, 0.25) is 0 Å². The van der Waals surface area contributed by atoms with Crippen molar-refractivity contribution in [3.8, 4) is 0 Å². The van der Waals surface area contributed by atoms with Gasteiger partial charge in [0.1, 0.15) is 0 Å². The highest BCUT2D eigenvalue weighted by Gasteiger charge is 2.22. The Morgan fingerprint density at radius 1 is 1.18 bits per heavy atom. The first kappa shape index (κ1) is 18.2. The lowest BCUT2D eigenvalue weighted by atomic mass is 9.87. The van der Waals surface area contributed by atoms with Crippen molar-refractivity contribution in [2.24, 2.45) is 5.41 Å². The monoisotopic (exact) mass is 306 g/mol. The van der Waals surface area contributed by atoms with E-state index in [1.807, 2.05) is 52.8 Å². The summed E-state index contributed by atoms with van der Waals surface area (Å²) in [7, 11) is 0. The number of rotatable bonds is 4. The summed E-state index contributed by atoms with van der Waals surface area (Å²) in [4.78, 5) is 23.6. The van der Waals surface area contributed by atoms with Crippen LogP contribution in [0, 0.1) is 19.3 Å². The largest absolute Gasteiger partial charge is 0.393 e. The number of amides is 2. The number of carbonyl (C=O) groups excluding carboxylic acids is 2. The summed E-state index contributed by atoms with van der Waals surface area (Å²) in [6.45, 7) is 9.82. The van der Waals surface area contributed by atoms with E-state index in [-0.39, 0.29) is 12.0 Å². The first-order chi connectivity index (χ1) is 10.1. The molecule has 0 aliphatic rings. The number of benzene rings is 1. The van der Waals surface area contributed by atoms with Gasteiger partial charge in [-0.15, -0.1) is 0 Å². The van der Waals surface area contributed by atoms with Crippen LogP contribution in [0.1, 0.15) is 38.3 Å². The van der Waals surface area contributed by atoms with Gasteiger partial charge >= 0.3 is 11.8 Å². The SMILES string of the molecule is Cc1ccc(C)c(NC(=O)C(=O)NCCC(O)C(C)(C)C)c1. The van der Waals surface area contributed by atoms with Crippen LogP contribution >= 0.6 is 0 Å². The number of anilines is 1. The van der Waals surface area contributed by atoms with Gasteiger partial charge in [0, 0.05) is 12.2 Å². The average molecular weight is 306 g/mol. The molecule has 0 saturated carbocycles. The van der Waals surface area contributed by atoms with E-state index < -0.39 is 17.9 Å². The van der Waals surface area contributed by atoms with E-state index in [0.717, 1.165) is 11.1 Å². The van der Waals surface area contributed by atoms with Crippen LogP contribution in [-0.4, -0.2) is 29.6 Å². The predicted molar refractivity (Wildman–Crippen MR) is 87.6 cm³/mol. The van der Waals surface area contributed by atoms with E-state index in [2.05, 4.69) is 10.6 Å². The normalized spacial score (nSPS) is 12.6. The summed E-state index contributed by atoms with van der Waals surface area (Å²) >= 11 is 0. The molecule has 1 aromatic rings. The van der Waals surface area contributed by atoms with E-state index in [9.17, 15) is 14.7 Å². The first-order valence-electron chi connectivity index (χ1n) is 7.45. The van der Waals surface area contributed by atoms with E-state index in [1.54, 1.807) is 0 Å². The van der Waals surface area contributed by atoms with E-state index in [4.69, 9.17) is 0 Å². The minimum absolute atomic E-state index is 0.244. The third-order valence-electron chi connectivity index (χ3n) is 3.55. The Labute approximate surface area is 132 Å². The van der Waals surface area contributed by atoms with Crippen molar-refractivity contribution in [2.45, 2.75) is 47.1 Å². The van der Waals surface area contributed by atoms with E-state index in [1.165, 1.54) is 0 Å². The molecule has 0 aliphatic carbocycles. The molecule has 0 aromatic heterocycles. The molecule has 0 heterocycles. The van der Waals surface area contributed by atoms with Crippen molar-refractivity contribution in [1.82, 2.24) is 5.32 Å². The predicted octanol–water partition coefficient (Wildman–Crippen LogP) is 2.16. The summed E-state index contributed by atoms with van der Waals surface area (Å²) < 4.78 is 0. The van der Waals surface area contributed by atoms with Crippen molar-refractivity contribution in [1.29, 1.82) is 0 Å². The molecular weight excluding hydrogens is 280 g/mol. The van der Waals surface area contributed by atoms with Crippen molar-refractivity contribution < 1.29 is 14.7 Å². The zero-order chi connectivity index (χ0) is 16.9. The van der Waals surface area contributed by atoms with Gasteiger partial charge in [-0.3, -0.25) is 9.59 Å². The van der Waals surface area contributed by atoms with Crippen LogP contribution in [0.25, 0.3) is 0 Å². The highest BCUT2D eigenvalue weighted by molar-refractivity contribution is 6.39. The number of aliphatic hydroxyl groups is 1. The molecule has 22 heavy (non-hydrogen) atoms. The van der Waals surface area contributed by atoms with Gasteiger partial charge < -0.3 is 15.7 Å². The van der Waals surface area contributed by atoms with E-state index >= 15 is 0 Å². The standard InChI is InChI=1S/C17H26N2O3/c1-11-6-7-12(2)13(10-11)19-16(22)15(21)18-9-8-14(20)17(3,4)5/h6-7,10,14,20H,8-9H2,1-5H3,(H,18,21)(H,19,22). The Hall–Kier alpha value is -1.88. The highest BCUT2D eigenvalue weighted by atomic mass is 16.3. The molecule has 0 radical (unpaired) electrons. The van der Waals surface area contributed by atoms with Crippen molar-refractivity contribution in [3.63, 3.8) is 0 Å². The molecule has 122 valence electrons. The quantitative estimate of drug-likeness (QED) is 0.746. The smallest absolute Gasteiger partial charge is 0.313 e. The fraction of sp³-hybridized carbons (Fsp3) is 0.529. The van der Waals surface area contributed by atoms with Crippen LogP contribution in [0.15, 0.2) is 18.2 Å². The van der Waals surface area contributed by atoms with Gasteiger partial charge in [-0.1, -0.05) is 32.9 Å². The van der Waals surface area contributed by atoms with E-state index in [0.29, 0.717) is 12.1 Å². The average Bonchev–Trinajstić information content (AvgIpc) is 2.41. The number of aryl methyl sites for hydroxylation is 2. The molecule has 0 spiro atoms. The third-order valence-corrected chi connectivity index (χ3v) is 3.55. The molecule has 0 aliphatic heterocycles. The summed E-state index contributed by atoms with van der Waals surface area (Å²) in [6.07, 6.45) is -0.124. The molecular formula is C17H26N2O3. The molecule has 0 saturated heterocycles.